The Kier molecular flexibility index (Phi) is 7.27. The molecule has 7 heteroatoms. The van der Waals surface area contributed by atoms with Gasteiger partial charge in [-0.25, -0.2) is 8.42 Å². The van der Waals surface area contributed by atoms with Crippen molar-refractivity contribution in [2.45, 2.75) is 43.2 Å². The maximum atomic E-state index is 13.1. The third kappa shape index (κ3) is 5.29. The largest absolute Gasteiger partial charge is 0.497 e. The first kappa shape index (κ1) is 22.3. The van der Waals surface area contributed by atoms with Gasteiger partial charge in [-0.15, -0.1) is 0 Å². The van der Waals surface area contributed by atoms with Crippen molar-refractivity contribution in [1.29, 1.82) is 0 Å². The van der Waals surface area contributed by atoms with Crippen molar-refractivity contribution >= 4 is 10.0 Å². The van der Waals surface area contributed by atoms with E-state index >= 15 is 0 Å². The second kappa shape index (κ2) is 10.1. The second-order valence-electron chi connectivity index (χ2n) is 8.27. The Labute approximate surface area is 185 Å². The van der Waals surface area contributed by atoms with Crippen LogP contribution in [0.1, 0.15) is 42.9 Å². The number of methoxy groups -OCH3 is 1. The lowest BCUT2D eigenvalue weighted by Crippen LogP contribution is -2.40. The Morgan fingerprint density at radius 2 is 1.77 bits per heavy atom. The van der Waals surface area contributed by atoms with Gasteiger partial charge in [-0.05, 0) is 54.8 Å². The highest BCUT2D eigenvalue weighted by Crippen LogP contribution is 2.32. The number of nitrogens with zero attached hydrogens (tertiary/aromatic N) is 2. The molecule has 2 aliphatic rings. The minimum atomic E-state index is -3.49. The number of rotatable bonds is 6. The minimum absolute atomic E-state index is 0.327. The van der Waals surface area contributed by atoms with Gasteiger partial charge >= 0.3 is 0 Å². The Morgan fingerprint density at radius 3 is 2.52 bits per heavy atom. The summed E-state index contributed by atoms with van der Waals surface area (Å²) in [5, 5.41) is 0. The van der Waals surface area contributed by atoms with E-state index in [-0.39, 0.29) is 0 Å². The molecular formula is C24H32N2O4S. The Hall–Kier alpha value is -1.93. The van der Waals surface area contributed by atoms with Crippen LogP contribution in [0, 0.1) is 0 Å². The van der Waals surface area contributed by atoms with Crippen LogP contribution >= 0.6 is 0 Å². The standard InChI is InChI=1S/C24H32N2O4S/c1-29-22-11-9-21(10-12-22)24-8-3-2-4-13-25(24)19-20-6-5-7-23(18-20)31(27,28)26-14-16-30-17-15-26/h5-7,9-12,18,24H,2-4,8,13-17,19H2,1H3/t24-/m0/s1. The zero-order chi connectivity index (χ0) is 21.7. The van der Waals surface area contributed by atoms with E-state index in [0.717, 1.165) is 30.8 Å². The van der Waals surface area contributed by atoms with Gasteiger partial charge in [0, 0.05) is 25.7 Å². The van der Waals surface area contributed by atoms with Crippen LogP contribution in [-0.2, 0) is 21.3 Å². The maximum Gasteiger partial charge on any atom is 0.243 e. The molecule has 0 unspecified atom stereocenters. The van der Waals surface area contributed by atoms with E-state index in [1.54, 1.807) is 13.2 Å². The molecule has 6 nitrogen and oxygen atoms in total. The van der Waals surface area contributed by atoms with Crippen molar-refractivity contribution in [3.05, 3.63) is 59.7 Å². The number of ether oxygens (including phenoxy) is 2. The van der Waals surface area contributed by atoms with Crippen LogP contribution in [0.3, 0.4) is 0 Å². The van der Waals surface area contributed by atoms with E-state index in [2.05, 4.69) is 17.0 Å². The number of hydrogen-bond acceptors (Lipinski definition) is 5. The van der Waals surface area contributed by atoms with Gasteiger partial charge in [-0.1, -0.05) is 37.1 Å². The summed E-state index contributed by atoms with van der Waals surface area (Å²) in [7, 11) is -1.80. The van der Waals surface area contributed by atoms with Gasteiger partial charge in [0.1, 0.15) is 5.75 Å². The predicted octanol–water partition coefficient (Wildman–Crippen LogP) is 3.83. The summed E-state index contributed by atoms with van der Waals surface area (Å²) in [5.74, 6) is 0.866. The molecule has 2 aromatic rings. The zero-order valence-corrected chi connectivity index (χ0v) is 19.0. The summed E-state index contributed by atoms with van der Waals surface area (Å²) in [4.78, 5) is 2.87. The number of morpholine rings is 1. The van der Waals surface area contributed by atoms with E-state index in [9.17, 15) is 8.42 Å². The van der Waals surface area contributed by atoms with Gasteiger partial charge in [0.2, 0.25) is 10.0 Å². The lowest BCUT2D eigenvalue weighted by Gasteiger charge is -2.31. The molecule has 0 radical (unpaired) electrons. The summed E-state index contributed by atoms with van der Waals surface area (Å²) in [6.45, 7) is 3.49. The molecule has 4 rings (SSSR count). The molecule has 0 spiro atoms. The van der Waals surface area contributed by atoms with Crippen molar-refractivity contribution in [3.8, 4) is 5.75 Å². The Bertz CT molecular complexity index is 956. The van der Waals surface area contributed by atoms with E-state index in [4.69, 9.17) is 9.47 Å². The highest BCUT2D eigenvalue weighted by molar-refractivity contribution is 7.89. The normalized spacial score (nSPS) is 21.5. The highest BCUT2D eigenvalue weighted by Gasteiger charge is 2.27. The number of sulfonamides is 1. The van der Waals surface area contributed by atoms with Crippen LogP contribution in [0.2, 0.25) is 0 Å². The van der Waals surface area contributed by atoms with Crippen LogP contribution < -0.4 is 4.74 Å². The van der Waals surface area contributed by atoms with Crippen LogP contribution in [0.25, 0.3) is 0 Å². The average molecular weight is 445 g/mol. The first-order valence-corrected chi connectivity index (χ1v) is 12.6. The molecule has 2 heterocycles. The monoisotopic (exact) mass is 444 g/mol. The highest BCUT2D eigenvalue weighted by atomic mass is 32.2. The molecule has 31 heavy (non-hydrogen) atoms. The lowest BCUT2D eigenvalue weighted by molar-refractivity contribution is 0.0730. The quantitative estimate of drug-likeness (QED) is 0.678. The maximum absolute atomic E-state index is 13.1. The van der Waals surface area contributed by atoms with Gasteiger partial charge < -0.3 is 9.47 Å². The molecule has 0 saturated carbocycles. The molecule has 2 fully saturated rings. The van der Waals surface area contributed by atoms with Gasteiger partial charge in [-0.2, -0.15) is 4.31 Å². The molecule has 2 saturated heterocycles. The van der Waals surface area contributed by atoms with E-state index in [0.29, 0.717) is 37.2 Å². The third-order valence-electron chi connectivity index (χ3n) is 6.26. The molecule has 0 aromatic heterocycles. The molecule has 0 amide bonds. The number of likely N-dealkylation sites (tertiary alicyclic amines) is 1. The number of hydrogen-bond donors (Lipinski definition) is 0. The van der Waals surface area contributed by atoms with Gasteiger partial charge in [0.15, 0.2) is 0 Å². The predicted molar refractivity (Wildman–Crippen MR) is 121 cm³/mol. The van der Waals surface area contributed by atoms with Gasteiger partial charge in [-0.3, -0.25) is 4.90 Å². The lowest BCUT2D eigenvalue weighted by atomic mass is 10.00. The molecule has 2 aromatic carbocycles. The van der Waals surface area contributed by atoms with Crippen LogP contribution in [-0.4, -0.2) is 57.6 Å². The summed E-state index contributed by atoms with van der Waals surface area (Å²) < 4.78 is 38.3. The Balaban J connectivity index is 1.55. The minimum Gasteiger partial charge on any atom is -0.497 e. The van der Waals surface area contributed by atoms with Crippen molar-refractivity contribution in [3.63, 3.8) is 0 Å². The first-order valence-electron chi connectivity index (χ1n) is 11.1. The Morgan fingerprint density at radius 1 is 1.00 bits per heavy atom. The van der Waals surface area contributed by atoms with Crippen molar-refractivity contribution < 1.29 is 17.9 Å². The first-order chi connectivity index (χ1) is 15.1. The summed E-state index contributed by atoms with van der Waals surface area (Å²) in [6.07, 6.45) is 4.71. The molecule has 0 aliphatic carbocycles. The fourth-order valence-corrected chi connectivity index (χ4v) is 6.01. The van der Waals surface area contributed by atoms with E-state index < -0.39 is 10.0 Å². The average Bonchev–Trinajstić information content (AvgIpc) is 3.05. The van der Waals surface area contributed by atoms with Crippen molar-refractivity contribution in [1.82, 2.24) is 9.21 Å². The number of benzene rings is 2. The van der Waals surface area contributed by atoms with Gasteiger partial charge in [0.05, 0.1) is 25.2 Å². The summed E-state index contributed by atoms with van der Waals surface area (Å²) >= 11 is 0. The molecule has 2 aliphatic heterocycles. The fraction of sp³-hybridized carbons (Fsp3) is 0.500. The fourth-order valence-electron chi connectivity index (χ4n) is 4.54. The van der Waals surface area contributed by atoms with Crippen LogP contribution in [0.15, 0.2) is 53.4 Å². The summed E-state index contributed by atoms with van der Waals surface area (Å²) in [5.41, 5.74) is 2.33. The van der Waals surface area contributed by atoms with E-state index in [1.807, 2.05) is 30.3 Å². The molecule has 1 atom stereocenters. The smallest absolute Gasteiger partial charge is 0.243 e. The molecular weight excluding hydrogens is 412 g/mol. The second-order valence-corrected chi connectivity index (χ2v) is 10.2. The SMILES string of the molecule is COc1ccc([C@@H]2CCCCCN2Cc2cccc(S(=O)(=O)N3CCOCC3)c2)cc1. The van der Waals surface area contributed by atoms with Crippen molar-refractivity contribution in [2.24, 2.45) is 0 Å². The van der Waals surface area contributed by atoms with Crippen molar-refractivity contribution in [2.75, 3.05) is 40.0 Å². The van der Waals surface area contributed by atoms with Crippen LogP contribution in [0.4, 0.5) is 0 Å². The van der Waals surface area contributed by atoms with Gasteiger partial charge in [0.25, 0.3) is 0 Å². The van der Waals surface area contributed by atoms with E-state index in [1.165, 1.54) is 29.1 Å². The third-order valence-corrected chi connectivity index (χ3v) is 8.15. The zero-order valence-electron chi connectivity index (χ0n) is 18.2. The topological polar surface area (TPSA) is 59.1 Å². The van der Waals surface area contributed by atoms with Crippen LogP contribution in [0.5, 0.6) is 5.75 Å². The molecule has 0 N–H and O–H groups in total. The summed E-state index contributed by atoms with van der Waals surface area (Å²) in [6, 6.07) is 16.1. The molecule has 168 valence electrons. The molecule has 0 bridgehead atoms.